The fourth-order valence-electron chi connectivity index (χ4n) is 2.87. The number of rotatable bonds is 5. The van der Waals surface area contributed by atoms with Crippen molar-refractivity contribution in [2.45, 2.75) is 32.2 Å². The van der Waals surface area contributed by atoms with Crippen LogP contribution in [0.5, 0.6) is 5.75 Å². The number of nitrogens with one attached hydrogen (secondary N) is 1. The molecule has 1 fully saturated rings. The number of ether oxygens (including phenoxy) is 1. The molecule has 2 atom stereocenters. The number of benzene rings is 1. The lowest BCUT2D eigenvalue weighted by molar-refractivity contribution is -0.144. The third-order valence-electron chi connectivity index (χ3n) is 4.13. The number of hydrogen-bond acceptors (Lipinski definition) is 3. The molecule has 0 radical (unpaired) electrons. The van der Waals surface area contributed by atoms with Crippen LogP contribution in [0.2, 0.25) is 5.02 Å². The van der Waals surface area contributed by atoms with E-state index < -0.39 is 11.9 Å². The van der Waals surface area contributed by atoms with Gasteiger partial charge in [-0.25, -0.2) is 0 Å². The van der Waals surface area contributed by atoms with Crippen LogP contribution in [0.25, 0.3) is 0 Å². The van der Waals surface area contributed by atoms with E-state index in [0.717, 1.165) is 18.4 Å². The Kier molecular flexibility index (Phi) is 5.66. The lowest BCUT2D eigenvalue weighted by Gasteiger charge is -2.25. The molecule has 2 rings (SSSR count). The summed E-state index contributed by atoms with van der Waals surface area (Å²) < 4.78 is 5.24. The molecular weight excluding hydrogens is 306 g/mol. The van der Waals surface area contributed by atoms with Crippen molar-refractivity contribution in [1.82, 2.24) is 5.32 Å². The number of carboxylic acid groups (broad SMARTS) is 1. The Morgan fingerprint density at radius 1 is 1.36 bits per heavy atom. The van der Waals surface area contributed by atoms with E-state index in [0.29, 0.717) is 23.6 Å². The van der Waals surface area contributed by atoms with Crippen molar-refractivity contribution in [3.63, 3.8) is 0 Å². The van der Waals surface area contributed by atoms with Crippen LogP contribution in [-0.2, 0) is 16.1 Å². The Balaban J connectivity index is 1.97. The van der Waals surface area contributed by atoms with Crippen LogP contribution in [-0.4, -0.2) is 24.1 Å². The lowest BCUT2D eigenvalue weighted by Crippen LogP contribution is -2.35. The Bertz CT molecular complexity index is 561. The Labute approximate surface area is 134 Å². The molecule has 1 aromatic rings. The van der Waals surface area contributed by atoms with E-state index in [9.17, 15) is 9.59 Å². The molecule has 1 saturated carbocycles. The van der Waals surface area contributed by atoms with E-state index in [1.54, 1.807) is 25.3 Å². The van der Waals surface area contributed by atoms with Crippen LogP contribution in [0.1, 0.15) is 31.2 Å². The summed E-state index contributed by atoms with van der Waals surface area (Å²) in [5.41, 5.74) is 0.727. The molecule has 1 aromatic carbocycles. The van der Waals surface area contributed by atoms with Gasteiger partial charge in [-0.2, -0.15) is 0 Å². The highest BCUT2D eigenvalue weighted by molar-refractivity contribution is 6.31. The highest BCUT2D eigenvalue weighted by Gasteiger charge is 2.30. The molecule has 5 nitrogen and oxygen atoms in total. The molecular formula is C16H20ClNO4. The minimum Gasteiger partial charge on any atom is -0.496 e. The van der Waals surface area contributed by atoms with Crippen LogP contribution in [0.4, 0.5) is 0 Å². The average Bonchev–Trinajstić information content (AvgIpc) is 2.53. The first-order valence-corrected chi connectivity index (χ1v) is 7.72. The molecule has 120 valence electrons. The minimum atomic E-state index is -0.815. The maximum Gasteiger partial charge on any atom is 0.306 e. The first kappa shape index (κ1) is 16.6. The second-order valence-corrected chi connectivity index (χ2v) is 5.94. The molecule has 0 heterocycles. The molecule has 1 aliphatic carbocycles. The van der Waals surface area contributed by atoms with Crippen LogP contribution in [0.15, 0.2) is 18.2 Å². The number of aliphatic carboxylic acids is 1. The summed E-state index contributed by atoms with van der Waals surface area (Å²) in [7, 11) is 1.55. The molecule has 0 aromatic heterocycles. The van der Waals surface area contributed by atoms with Crippen molar-refractivity contribution in [1.29, 1.82) is 0 Å². The largest absolute Gasteiger partial charge is 0.496 e. The van der Waals surface area contributed by atoms with Gasteiger partial charge < -0.3 is 15.2 Å². The number of amides is 1. The third-order valence-corrected chi connectivity index (χ3v) is 4.48. The summed E-state index contributed by atoms with van der Waals surface area (Å²) in [6, 6.07) is 5.31. The maximum absolute atomic E-state index is 12.3. The third kappa shape index (κ3) is 3.91. The molecule has 1 amide bonds. The van der Waals surface area contributed by atoms with E-state index in [1.807, 2.05) is 0 Å². The van der Waals surface area contributed by atoms with Gasteiger partial charge in [0.1, 0.15) is 5.75 Å². The zero-order chi connectivity index (χ0) is 16.1. The summed E-state index contributed by atoms with van der Waals surface area (Å²) in [5.74, 6) is -0.972. The van der Waals surface area contributed by atoms with Gasteiger partial charge in [0.2, 0.25) is 5.91 Å². The molecule has 0 spiro atoms. The number of halogens is 1. The van der Waals surface area contributed by atoms with E-state index in [-0.39, 0.29) is 18.4 Å². The first-order valence-electron chi connectivity index (χ1n) is 7.34. The van der Waals surface area contributed by atoms with Crippen LogP contribution >= 0.6 is 11.6 Å². The molecule has 2 unspecified atom stereocenters. The van der Waals surface area contributed by atoms with Gasteiger partial charge in [0.15, 0.2) is 0 Å². The normalized spacial score (nSPS) is 21.2. The van der Waals surface area contributed by atoms with Gasteiger partial charge in [-0.05, 0) is 31.4 Å². The van der Waals surface area contributed by atoms with Gasteiger partial charge >= 0.3 is 5.97 Å². The summed E-state index contributed by atoms with van der Waals surface area (Å²) >= 11 is 6.13. The minimum absolute atomic E-state index is 0.118. The monoisotopic (exact) mass is 325 g/mol. The second kappa shape index (κ2) is 7.49. The smallest absolute Gasteiger partial charge is 0.306 e. The van der Waals surface area contributed by atoms with Gasteiger partial charge in [-0.3, -0.25) is 9.59 Å². The van der Waals surface area contributed by atoms with Crippen molar-refractivity contribution in [3.8, 4) is 5.75 Å². The summed E-state index contributed by atoms with van der Waals surface area (Å²) in [5, 5.41) is 12.5. The topological polar surface area (TPSA) is 75.6 Å². The molecule has 1 aliphatic rings. The van der Waals surface area contributed by atoms with Gasteiger partial charge in [0.25, 0.3) is 0 Å². The summed E-state index contributed by atoms with van der Waals surface area (Å²) in [4.78, 5) is 23.3. The van der Waals surface area contributed by atoms with Gasteiger partial charge in [-0.15, -0.1) is 0 Å². The number of carbonyl (C=O) groups excluding carboxylic acids is 1. The predicted octanol–water partition coefficient (Wildman–Crippen LogP) is 2.86. The molecule has 2 N–H and O–H groups in total. The maximum atomic E-state index is 12.3. The van der Waals surface area contributed by atoms with E-state index in [4.69, 9.17) is 21.4 Å². The highest BCUT2D eigenvalue weighted by Crippen LogP contribution is 2.30. The number of carbonyl (C=O) groups is 2. The van der Waals surface area contributed by atoms with Crippen LogP contribution < -0.4 is 10.1 Å². The number of methoxy groups -OCH3 is 1. The van der Waals surface area contributed by atoms with Gasteiger partial charge in [0, 0.05) is 23.0 Å². The van der Waals surface area contributed by atoms with Crippen molar-refractivity contribution in [2.24, 2.45) is 11.8 Å². The van der Waals surface area contributed by atoms with E-state index >= 15 is 0 Å². The van der Waals surface area contributed by atoms with Crippen LogP contribution in [0.3, 0.4) is 0 Å². The number of carboxylic acids is 1. The molecule has 0 bridgehead atoms. The molecule has 6 heteroatoms. The lowest BCUT2D eigenvalue weighted by atomic mass is 9.81. The molecule has 0 saturated heterocycles. The van der Waals surface area contributed by atoms with E-state index in [2.05, 4.69) is 5.32 Å². The fourth-order valence-corrected chi connectivity index (χ4v) is 3.11. The standard InChI is InChI=1S/C16H20ClNO4/c1-22-14-7-3-6-13(17)12(14)9-18-15(19)10-4-2-5-11(8-10)16(20)21/h3,6-7,10-11H,2,4-5,8-9H2,1H3,(H,18,19)(H,20,21). The summed E-state index contributed by atoms with van der Waals surface area (Å²) in [6.45, 7) is 0.274. The fraction of sp³-hybridized carbons (Fsp3) is 0.500. The quantitative estimate of drug-likeness (QED) is 0.872. The van der Waals surface area contributed by atoms with Gasteiger partial charge in [0.05, 0.1) is 13.0 Å². The SMILES string of the molecule is COc1cccc(Cl)c1CNC(=O)C1CCCC(C(=O)O)C1. The van der Waals surface area contributed by atoms with Crippen molar-refractivity contribution in [2.75, 3.05) is 7.11 Å². The van der Waals surface area contributed by atoms with Crippen LogP contribution in [0, 0.1) is 11.8 Å². The van der Waals surface area contributed by atoms with Crippen molar-refractivity contribution < 1.29 is 19.4 Å². The summed E-state index contributed by atoms with van der Waals surface area (Å²) in [6.07, 6.45) is 2.55. The molecule has 0 aliphatic heterocycles. The highest BCUT2D eigenvalue weighted by atomic mass is 35.5. The molecule has 22 heavy (non-hydrogen) atoms. The Morgan fingerprint density at radius 3 is 2.77 bits per heavy atom. The zero-order valence-corrected chi connectivity index (χ0v) is 13.2. The van der Waals surface area contributed by atoms with E-state index in [1.165, 1.54) is 0 Å². The van der Waals surface area contributed by atoms with Crippen molar-refractivity contribution >= 4 is 23.5 Å². The number of hydrogen-bond donors (Lipinski definition) is 2. The van der Waals surface area contributed by atoms with Crippen molar-refractivity contribution in [3.05, 3.63) is 28.8 Å². The second-order valence-electron chi connectivity index (χ2n) is 5.54. The first-order chi connectivity index (χ1) is 10.5. The Morgan fingerprint density at radius 2 is 2.09 bits per heavy atom. The van der Waals surface area contributed by atoms with Gasteiger partial charge in [-0.1, -0.05) is 24.1 Å². The predicted molar refractivity (Wildman–Crippen MR) is 82.9 cm³/mol. The zero-order valence-electron chi connectivity index (χ0n) is 12.5. The average molecular weight is 326 g/mol. The Hall–Kier alpha value is -1.75.